The van der Waals surface area contributed by atoms with Crippen molar-refractivity contribution in [1.82, 2.24) is 0 Å². The van der Waals surface area contributed by atoms with Crippen LogP contribution in [0.3, 0.4) is 0 Å². The van der Waals surface area contributed by atoms with Gasteiger partial charge >= 0.3 is 0 Å². The van der Waals surface area contributed by atoms with Crippen LogP contribution in [0.25, 0.3) is 0 Å². The highest BCUT2D eigenvalue weighted by atomic mass is 16.8. The molecule has 0 amide bonds. The minimum Gasteiger partial charge on any atom is -0.359 e. The van der Waals surface area contributed by atoms with Gasteiger partial charge in [-0.2, -0.15) is 0 Å². The van der Waals surface area contributed by atoms with E-state index in [4.69, 9.17) is 28.4 Å². The van der Waals surface area contributed by atoms with Gasteiger partial charge in [0.05, 0.1) is 6.61 Å². The number of rotatable bonds is 6. The fraction of sp³-hybridized carbons (Fsp3) is 0.929. The second-order valence-electron chi connectivity index (χ2n) is 6.11. The van der Waals surface area contributed by atoms with Crippen molar-refractivity contribution in [2.45, 2.75) is 63.7 Å². The summed E-state index contributed by atoms with van der Waals surface area (Å²) in [6.45, 7) is 7.59. The van der Waals surface area contributed by atoms with Gasteiger partial charge in [0.1, 0.15) is 31.2 Å². The molecule has 0 radical (unpaired) electrons. The zero-order chi connectivity index (χ0) is 15.7. The molecular weight excluding hydrogens is 280 g/mol. The summed E-state index contributed by atoms with van der Waals surface area (Å²) in [6, 6.07) is 0. The lowest BCUT2D eigenvalue weighted by molar-refractivity contribution is -0.204. The van der Waals surface area contributed by atoms with Gasteiger partial charge in [0.25, 0.3) is 0 Å². The highest BCUT2D eigenvalue weighted by Gasteiger charge is 2.51. The second-order valence-corrected chi connectivity index (χ2v) is 6.11. The Labute approximate surface area is 124 Å². The maximum Gasteiger partial charge on any atom is 0.164 e. The van der Waals surface area contributed by atoms with Gasteiger partial charge in [-0.3, -0.25) is 0 Å². The summed E-state index contributed by atoms with van der Waals surface area (Å²) >= 11 is 0. The van der Waals surface area contributed by atoms with Crippen LogP contribution in [0.1, 0.15) is 27.7 Å². The third-order valence-corrected chi connectivity index (χ3v) is 3.40. The molecule has 2 heterocycles. The fourth-order valence-electron chi connectivity index (χ4n) is 2.61. The molecule has 2 rings (SSSR count). The Morgan fingerprint density at radius 3 is 2.43 bits per heavy atom. The van der Waals surface area contributed by atoms with Gasteiger partial charge in [0.2, 0.25) is 0 Å². The molecule has 2 aliphatic rings. The molecule has 0 aromatic heterocycles. The van der Waals surface area contributed by atoms with Crippen molar-refractivity contribution in [2.24, 2.45) is 0 Å². The third kappa shape index (κ3) is 4.00. The molecule has 0 bridgehead atoms. The standard InChI is InChI=1S/C14H24O7/c1-13(2)18-7-10(20-13)11(17-8-16-5)12-9(6-15)19-14(3,4)21-12/h6,9-12H,7-8H2,1-5H3/t9-,10+,11-,12+/m0/s1. The van der Waals surface area contributed by atoms with Gasteiger partial charge < -0.3 is 33.2 Å². The van der Waals surface area contributed by atoms with Gasteiger partial charge in [0, 0.05) is 7.11 Å². The summed E-state index contributed by atoms with van der Waals surface area (Å²) in [5, 5.41) is 0. The van der Waals surface area contributed by atoms with Crippen LogP contribution in [0.5, 0.6) is 0 Å². The SMILES string of the molecule is COCO[C@H]([C@@H]1OC(C)(C)O[C@H]1C=O)[C@H]1COC(C)(C)O1. The topological polar surface area (TPSA) is 72.5 Å². The molecule has 0 spiro atoms. The van der Waals surface area contributed by atoms with E-state index in [0.29, 0.717) is 6.61 Å². The Balaban J connectivity index is 2.13. The van der Waals surface area contributed by atoms with Crippen molar-refractivity contribution in [1.29, 1.82) is 0 Å². The number of hydrogen-bond donors (Lipinski definition) is 0. The minimum absolute atomic E-state index is 0.0663. The van der Waals surface area contributed by atoms with E-state index in [2.05, 4.69) is 0 Å². The van der Waals surface area contributed by atoms with E-state index in [1.54, 1.807) is 13.8 Å². The Morgan fingerprint density at radius 2 is 1.90 bits per heavy atom. The highest BCUT2D eigenvalue weighted by Crippen LogP contribution is 2.34. The first kappa shape index (κ1) is 16.8. The highest BCUT2D eigenvalue weighted by molar-refractivity contribution is 5.58. The molecule has 0 unspecified atom stereocenters. The maximum atomic E-state index is 11.3. The smallest absolute Gasteiger partial charge is 0.164 e. The lowest BCUT2D eigenvalue weighted by Crippen LogP contribution is -2.47. The summed E-state index contributed by atoms with van der Waals surface area (Å²) in [6.07, 6.45) is -1.45. The number of hydrogen-bond acceptors (Lipinski definition) is 7. The van der Waals surface area contributed by atoms with Gasteiger partial charge in [-0.05, 0) is 27.7 Å². The maximum absolute atomic E-state index is 11.3. The first-order valence-electron chi connectivity index (χ1n) is 7.01. The van der Waals surface area contributed by atoms with Crippen LogP contribution in [0, 0.1) is 0 Å². The van der Waals surface area contributed by atoms with Crippen molar-refractivity contribution in [3.63, 3.8) is 0 Å². The van der Waals surface area contributed by atoms with Crippen LogP contribution in [-0.2, 0) is 33.2 Å². The molecule has 4 atom stereocenters. The monoisotopic (exact) mass is 304 g/mol. The third-order valence-electron chi connectivity index (χ3n) is 3.40. The zero-order valence-electron chi connectivity index (χ0n) is 13.2. The van der Waals surface area contributed by atoms with Crippen LogP contribution in [0.2, 0.25) is 0 Å². The van der Waals surface area contributed by atoms with Crippen LogP contribution in [0.4, 0.5) is 0 Å². The quantitative estimate of drug-likeness (QED) is 0.532. The van der Waals surface area contributed by atoms with Crippen LogP contribution < -0.4 is 0 Å². The number of ether oxygens (including phenoxy) is 6. The molecule has 0 N–H and O–H groups in total. The Hall–Kier alpha value is -0.570. The Morgan fingerprint density at radius 1 is 1.19 bits per heavy atom. The van der Waals surface area contributed by atoms with Crippen molar-refractivity contribution < 1.29 is 33.2 Å². The summed E-state index contributed by atoms with van der Waals surface area (Å²) in [7, 11) is 1.53. The van der Waals surface area contributed by atoms with E-state index in [0.717, 1.165) is 6.29 Å². The van der Waals surface area contributed by atoms with Crippen molar-refractivity contribution in [3.05, 3.63) is 0 Å². The largest absolute Gasteiger partial charge is 0.359 e. The molecule has 0 saturated carbocycles. The van der Waals surface area contributed by atoms with Crippen molar-refractivity contribution in [2.75, 3.05) is 20.5 Å². The molecule has 2 aliphatic heterocycles. The zero-order valence-corrected chi connectivity index (χ0v) is 13.2. The number of carbonyl (C=O) groups is 1. The number of aldehydes is 1. The lowest BCUT2D eigenvalue weighted by atomic mass is 10.0. The van der Waals surface area contributed by atoms with Crippen LogP contribution in [0.15, 0.2) is 0 Å². The van der Waals surface area contributed by atoms with E-state index in [1.807, 2.05) is 13.8 Å². The molecular formula is C14H24O7. The van der Waals surface area contributed by atoms with Crippen molar-refractivity contribution in [3.8, 4) is 0 Å². The predicted molar refractivity (Wildman–Crippen MR) is 71.5 cm³/mol. The first-order valence-corrected chi connectivity index (χ1v) is 7.01. The van der Waals surface area contributed by atoms with Crippen LogP contribution >= 0.6 is 0 Å². The van der Waals surface area contributed by atoms with Gasteiger partial charge in [-0.25, -0.2) is 0 Å². The Kier molecular flexibility index (Phi) is 5.02. The molecule has 21 heavy (non-hydrogen) atoms. The van der Waals surface area contributed by atoms with Gasteiger partial charge in [0.15, 0.2) is 17.9 Å². The average molecular weight is 304 g/mol. The first-order chi connectivity index (χ1) is 9.78. The Bertz CT molecular complexity index is 368. The van der Waals surface area contributed by atoms with E-state index in [9.17, 15) is 4.79 Å². The van der Waals surface area contributed by atoms with Gasteiger partial charge in [-0.1, -0.05) is 0 Å². The average Bonchev–Trinajstić information content (AvgIpc) is 2.90. The molecule has 122 valence electrons. The molecule has 0 aliphatic carbocycles. The molecule has 0 aromatic carbocycles. The van der Waals surface area contributed by atoms with Crippen molar-refractivity contribution >= 4 is 6.29 Å². The summed E-state index contributed by atoms with van der Waals surface area (Å²) in [5.74, 6) is -1.54. The fourth-order valence-corrected chi connectivity index (χ4v) is 2.61. The van der Waals surface area contributed by atoms with E-state index in [-0.39, 0.29) is 12.9 Å². The minimum atomic E-state index is -0.847. The lowest BCUT2D eigenvalue weighted by Gasteiger charge is -2.29. The van der Waals surface area contributed by atoms with E-state index in [1.165, 1.54) is 7.11 Å². The molecule has 0 aromatic rings. The normalized spacial score (nSPS) is 35.8. The summed E-state index contributed by atoms with van der Waals surface area (Å²) in [4.78, 5) is 11.3. The van der Waals surface area contributed by atoms with E-state index < -0.39 is 29.9 Å². The summed E-state index contributed by atoms with van der Waals surface area (Å²) in [5.41, 5.74) is 0. The molecule has 7 heteroatoms. The van der Waals surface area contributed by atoms with Gasteiger partial charge in [-0.15, -0.1) is 0 Å². The second kappa shape index (κ2) is 6.28. The van der Waals surface area contributed by atoms with Crippen LogP contribution in [-0.4, -0.2) is 62.8 Å². The van der Waals surface area contributed by atoms with E-state index >= 15 is 0 Å². The number of methoxy groups -OCH3 is 1. The molecule has 2 fully saturated rings. The number of carbonyl (C=O) groups excluding carboxylic acids is 1. The molecule has 7 nitrogen and oxygen atoms in total. The summed E-state index contributed by atoms with van der Waals surface area (Å²) < 4.78 is 33.4. The predicted octanol–water partition coefficient (Wildman–Crippen LogP) is 0.846. The molecule has 2 saturated heterocycles.